The van der Waals surface area contributed by atoms with E-state index in [1.165, 1.54) is 35.5 Å². The molecule has 3 rings (SSSR count). The lowest BCUT2D eigenvalue weighted by Gasteiger charge is -2.29. The molecule has 0 atom stereocenters. The second kappa shape index (κ2) is 7.55. The Morgan fingerprint density at radius 3 is 2.91 bits per heavy atom. The van der Waals surface area contributed by atoms with Crippen LogP contribution in [0.25, 0.3) is 0 Å². The second-order valence-electron chi connectivity index (χ2n) is 6.19. The van der Waals surface area contributed by atoms with Crippen LogP contribution in [0.5, 0.6) is 0 Å². The number of piperidine rings is 1. The summed E-state index contributed by atoms with van der Waals surface area (Å²) in [6, 6.07) is 2.02. The molecule has 1 fully saturated rings. The average Bonchev–Trinajstić information content (AvgIpc) is 3.18. The third kappa shape index (κ3) is 4.19. The van der Waals surface area contributed by atoms with Crippen LogP contribution in [0.1, 0.15) is 47.6 Å². The Labute approximate surface area is 145 Å². The monoisotopic (exact) mass is 349 g/mol. The first-order chi connectivity index (χ1) is 11.2. The molecule has 1 saturated heterocycles. The number of thiophene rings is 1. The van der Waals surface area contributed by atoms with Crippen LogP contribution in [-0.4, -0.2) is 28.9 Å². The highest BCUT2D eigenvalue weighted by atomic mass is 32.1. The number of aryl methyl sites for hydroxylation is 1. The molecule has 1 N–H and O–H groups in total. The highest BCUT2D eigenvalue weighted by molar-refractivity contribution is 7.14. The summed E-state index contributed by atoms with van der Waals surface area (Å²) < 4.78 is 0. The molecule has 23 heavy (non-hydrogen) atoms. The molecule has 0 aromatic carbocycles. The Bertz CT molecular complexity index is 656. The van der Waals surface area contributed by atoms with Crippen molar-refractivity contribution in [1.29, 1.82) is 0 Å². The molecular formula is C17H23N3OS2. The Hall–Kier alpha value is -1.24. The van der Waals surface area contributed by atoms with Crippen molar-refractivity contribution in [3.63, 3.8) is 0 Å². The van der Waals surface area contributed by atoms with Crippen LogP contribution in [-0.2, 0) is 13.0 Å². The van der Waals surface area contributed by atoms with E-state index in [4.69, 9.17) is 0 Å². The number of thiazole rings is 1. The number of anilines is 1. The molecule has 6 heteroatoms. The lowest BCUT2D eigenvalue weighted by molar-refractivity contribution is 0.102. The van der Waals surface area contributed by atoms with Crippen LogP contribution in [0.2, 0.25) is 0 Å². The van der Waals surface area contributed by atoms with E-state index in [1.807, 2.05) is 11.4 Å². The third-order valence-corrected chi connectivity index (χ3v) is 6.13. The standard InChI is InChI=1S/C17H23N3OS2/c1-3-13-6-9-22-15(13)16(21)19-17-18-14(11-23-17)10-20-7-4-12(2)5-8-20/h6,9,11-12H,3-5,7-8,10H2,1-2H3,(H,18,19,21). The molecule has 0 unspecified atom stereocenters. The van der Waals surface area contributed by atoms with Gasteiger partial charge in [0.05, 0.1) is 10.6 Å². The van der Waals surface area contributed by atoms with E-state index in [-0.39, 0.29) is 5.91 Å². The van der Waals surface area contributed by atoms with Crippen LogP contribution in [0, 0.1) is 5.92 Å². The van der Waals surface area contributed by atoms with Crippen molar-refractivity contribution in [3.8, 4) is 0 Å². The van der Waals surface area contributed by atoms with Crippen LogP contribution < -0.4 is 5.32 Å². The smallest absolute Gasteiger partial charge is 0.267 e. The van der Waals surface area contributed by atoms with Crippen LogP contribution in [0.15, 0.2) is 16.8 Å². The normalized spacial score (nSPS) is 16.6. The minimum atomic E-state index is -0.0375. The first-order valence-corrected chi connectivity index (χ1v) is 9.96. The summed E-state index contributed by atoms with van der Waals surface area (Å²) in [4.78, 5) is 20.2. The predicted molar refractivity (Wildman–Crippen MR) is 97.4 cm³/mol. The first kappa shape index (κ1) is 16.6. The van der Waals surface area contributed by atoms with Gasteiger partial charge in [0.15, 0.2) is 5.13 Å². The predicted octanol–water partition coefficient (Wildman–Crippen LogP) is 4.25. The minimum Gasteiger partial charge on any atom is -0.297 e. The highest BCUT2D eigenvalue weighted by Crippen LogP contribution is 2.23. The zero-order valence-corrected chi connectivity index (χ0v) is 15.3. The SMILES string of the molecule is CCc1ccsc1C(=O)Nc1nc(CN2CCC(C)CC2)cs1. The van der Waals surface area contributed by atoms with Crippen molar-refractivity contribution < 1.29 is 4.79 Å². The van der Waals surface area contributed by atoms with Gasteiger partial charge in [-0.3, -0.25) is 15.0 Å². The highest BCUT2D eigenvalue weighted by Gasteiger charge is 2.18. The topological polar surface area (TPSA) is 45.2 Å². The maximum atomic E-state index is 12.3. The van der Waals surface area contributed by atoms with Gasteiger partial charge < -0.3 is 0 Å². The van der Waals surface area contributed by atoms with Crippen molar-refractivity contribution >= 4 is 33.7 Å². The first-order valence-electron chi connectivity index (χ1n) is 8.20. The number of nitrogens with one attached hydrogen (secondary N) is 1. The number of rotatable bonds is 5. The number of hydrogen-bond acceptors (Lipinski definition) is 5. The number of carbonyl (C=O) groups is 1. The molecule has 124 valence electrons. The molecule has 2 aromatic rings. The zero-order valence-electron chi connectivity index (χ0n) is 13.7. The fourth-order valence-corrected chi connectivity index (χ4v) is 4.44. The molecule has 0 aliphatic carbocycles. The molecule has 0 spiro atoms. The molecule has 4 nitrogen and oxygen atoms in total. The van der Waals surface area contributed by atoms with E-state index >= 15 is 0 Å². The quantitative estimate of drug-likeness (QED) is 0.877. The molecule has 0 saturated carbocycles. The van der Waals surface area contributed by atoms with Crippen LogP contribution in [0.4, 0.5) is 5.13 Å². The maximum absolute atomic E-state index is 12.3. The molecule has 2 aromatic heterocycles. The summed E-state index contributed by atoms with van der Waals surface area (Å²) in [6.07, 6.45) is 3.42. The molecular weight excluding hydrogens is 326 g/mol. The van der Waals surface area contributed by atoms with Gasteiger partial charge in [-0.15, -0.1) is 22.7 Å². The minimum absolute atomic E-state index is 0.0375. The van der Waals surface area contributed by atoms with Gasteiger partial charge in [0.2, 0.25) is 0 Å². The summed E-state index contributed by atoms with van der Waals surface area (Å²) >= 11 is 3.01. The second-order valence-corrected chi connectivity index (χ2v) is 7.96. The van der Waals surface area contributed by atoms with E-state index in [9.17, 15) is 4.79 Å². The summed E-state index contributed by atoms with van der Waals surface area (Å²) in [5.74, 6) is 0.805. The van der Waals surface area contributed by atoms with Crippen LogP contribution >= 0.6 is 22.7 Å². The molecule has 1 amide bonds. The number of aromatic nitrogens is 1. The van der Waals surface area contributed by atoms with Crippen LogP contribution in [0.3, 0.4) is 0 Å². The van der Waals surface area contributed by atoms with Gasteiger partial charge in [0, 0.05) is 11.9 Å². The van der Waals surface area contributed by atoms with E-state index in [0.717, 1.165) is 48.1 Å². The number of carbonyl (C=O) groups excluding carboxylic acids is 1. The van der Waals surface area contributed by atoms with Crippen molar-refractivity contribution in [2.24, 2.45) is 5.92 Å². The summed E-state index contributed by atoms with van der Waals surface area (Å²) in [5.41, 5.74) is 2.16. The van der Waals surface area contributed by atoms with Gasteiger partial charge in [-0.25, -0.2) is 4.98 Å². The molecule has 0 bridgehead atoms. The van der Waals surface area contributed by atoms with Crippen molar-refractivity contribution in [2.45, 2.75) is 39.7 Å². The van der Waals surface area contributed by atoms with Gasteiger partial charge in [-0.05, 0) is 55.3 Å². The Morgan fingerprint density at radius 2 is 2.17 bits per heavy atom. The van der Waals surface area contributed by atoms with Crippen molar-refractivity contribution in [1.82, 2.24) is 9.88 Å². The Morgan fingerprint density at radius 1 is 1.39 bits per heavy atom. The van der Waals surface area contributed by atoms with Gasteiger partial charge in [0.1, 0.15) is 0 Å². The summed E-state index contributed by atoms with van der Waals surface area (Å²) in [6.45, 7) is 7.58. The van der Waals surface area contributed by atoms with Gasteiger partial charge in [-0.1, -0.05) is 13.8 Å². The van der Waals surface area contributed by atoms with E-state index in [0.29, 0.717) is 5.13 Å². The van der Waals surface area contributed by atoms with E-state index in [1.54, 1.807) is 0 Å². The molecule has 0 radical (unpaired) electrons. The molecule has 1 aliphatic rings. The van der Waals surface area contributed by atoms with Crippen molar-refractivity contribution in [3.05, 3.63) is 33.0 Å². The van der Waals surface area contributed by atoms with E-state index in [2.05, 4.69) is 34.4 Å². The van der Waals surface area contributed by atoms with Crippen molar-refractivity contribution in [2.75, 3.05) is 18.4 Å². The maximum Gasteiger partial charge on any atom is 0.267 e. The Balaban J connectivity index is 1.58. The number of likely N-dealkylation sites (tertiary alicyclic amines) is 1. The fraction of sp³-hybridized carbons (Fsp3) is 0.529. The van der Waals surface area contributed by atoms with Gasteiger partial charge in [0.25, 0.3) is 5.91 Å². The lowest BCUT2D eigenvalue weighted by Crippen LogP contribution is -2.32. The molecule has 3 heterocycles. The van der Waals surface area contributed by atoms with Gasteiger partial charge in [-0.2, -0.15) is 0 Å². The lowest BCUT2D eigenvalue weighted by atomic mass is 9.99. The number of nitrogens with zero attached hydrogens (tertiary/aromatic N) is 2. The van der Waals surface area contributed by atoms with E-state index < -0.39 is 0 Å². The fourth-order valence-electron chi connectivity index (χ4n) is 2.85. The molecule has 1 aliphatic heterocycles. The zero-order chi connectivity index (χ0) is 16.2. The Kier molecular flexibility index (Phi) is 5.46. The van der Waals surface area contributed by atoms with Gasteiger partial charge >= 0.3 is 0 Å². The largest absolute Gasteiger partial charge is 0.297 e. The summed E-state index contributed by atoms with van der Waals surface area (Å²) in [7, 11) is 0. The average molecular weight is 350 g/mol. The number of hydrogen-bond donors (Lipinski definition) is 1. The summed E-state index contributed by atoms with van der Waals surface area (Å²) in [5, 5.41) is 7.67. The third-order valence-electron chi connectivity index (χ3n) is 4.37. The number of amides is 1.